The number of thioether (sulfide) groups is 1. The summed E-state index contributed by atoms with van der Waals surface area (Å²) in [6.45, 7) is 2.06. The lowest BCUT2D eigenvalue weighted by atomic mass is 10.1. The molecule has 0 spiro atoms. The highest BCUT2D eigenvalue weighted by molar-refractivity contribution is 7.98. The zero-order chi connectivity index (χ0) is 17.8. The first-order valence-corrected chi connectivity index (χ1v) is 8.99. The molecule has 0 aliphatic heterocycles. The van der Waals surface area contributed by atoms with E-state index in [4.69, 9.17) is 21.1 Å². The van der Waals surface area contributed by atoms with Crippen molar-refractivity contribution < 1.29 is 9.47 Å². The zero-order valence-electron chi connectivity index (χ0n) is 14.2. The fraction of sp³-hybridized carbons (Fsp3) is 0.222. The summed E-state index contributed by atoms with van der Waals surface area (Å²) in [5.41, 5.74) is 3.08. The normalized spacial score (nSPS) is 10.7. The van der Waals surface area contributed by atoms with Gasteiger partial charge in [-0.05, 0) is 31.2 Å². The predicted octanol–water partition coefficient (Wildman–Crippen LogP) is 4.74. The van der Waals surface area contributed by atoms with E-state index in [0.717, 1.165) is 22.6 Å². The molecule has 1 aromatic heterocycles. The number of H-pyrrole nitrogens is 1. The van der Waals surface area contributed by atoms with Gasteiger partial charge in [0, 0.05) is 16.3 Å². The van der Waals surface area contributed by atoms with Crippen LogP contribution in [0.2, 0.25) is 5.02 Å². The van der Waals surface area contributed by atoms with Gasteiger partial charge in [-0.1, -0.05) is 41.1 Å². The number of rotatable bonds is 6. The van der Waals surface area contributed by atoms with Crippen molar-refractivity contribution in [3.05, 3.63) is 52.5 Å². The largest absolute Gasteiger partial charge is 0.496 e. The van der Waals surface area contributed by atoms with Crippen LogP contribution < -0.4 is 9.47 Å². The molecule has 25 heavy (non-hydrogen) atoms. The minimum atomic E-state index is 0.617. The van der Waals surface area contributed by atoms with E-state index in [9.17, 15) is 0 Å². The highest BCUT2D eigenvalue weighted by atomic mass is 35.5. The molecule has 1 heterocycles. The van der Waals surface area contributed by atoms with Gasteiger partial charge in [0.25, 0.3) is 0 Å². The first kappa shape index (κ1) is 17.6. The SMILES string of the molecule is COc1ccc(C)cc1CSc1n[nH]c(-c2cc(Cl)ccc2OC)n1. The summed E-state index contributed by atoms with van der Waals surface area (Å²) in [4.78, 5) is 4.54. The van der Waals surface area contributed by atoms with Crippen LogP contribution in [-0.2, 0) is 5.75 Å². The Morgan fingerprint density at radius 1 is 1.08 bits per heavy atom. The summed E-state index contributed by atoms with van der Waals surface area (Å²) in [6, 6.07) is 11.5. The number of ether oxygens (including phenoxy) is 2. The molecule has 0 unspecified atom stereocenters. The van der Waals surface area contributed by atoms with Crippen molar-refractivity contribution in [3.63, 3.8) is 0 Å². The lowest BCUT2D eigenvalue weighted by Gasteiger charge is -2.08. The molecule has 0 saturated carbocycles. The second-order valence-electron chi connectivity index (χ2n) is 5.42. The third kappa shape index (κ3) is 4.08. The van der Waals surface area contributed by atoms with Crippen LogP contribution in [0.3, 0.4) is 0 Å². The van der Waals surface area contributed by atoms with Gasteiger partial charge in [0.1, 0.15) is 11.5 Å². The molecule has 3 rings (SSSR count). The number of aromatic nitrogens is 3. The molecule has 0 atom stereocenters. The van der Waals surface area contributed by atoms with Crippen LogP contribution in [0.15, 0.2) is 41.6 Å². The average molecular weight is 376 g/mol. The maximum atomic E-state index is 6.08. The highest BCUT2D eigenvalue weighted by Gasteiger charge is 2.13. The molecular weight excluding hydrogens is 358 g/mol. The van der Waals surface area contributed by atoms with Crippen LogP contribution in [0, 0.1) is 6.92 Å². The van der Waals surface area contributed by atoms with Gasteiger partial charge in [0.05, 0.1) is 19.8 Å². The molecule has 130 valence electrons. The molecule has 7 heteroatoms. The minimum Gasteiger partial charge on any atom is -0.496 e. The van der Waals surface area contributed by atoms with Crippen molar-refractivity contribution >= 4 is 23.4 Å². The molecule has 5 nitrogen and oxygen atoms in total. The van der Waals surface area contributed by atoms with Crippen molar-refractivity contribution in [3.8, 4) is 22.9 Å². The average Bonchev–Trinajstić information content (AvgIpc) is 3.09. The van der Waals surface area contributed by atoms with Crippen molar-refractivity contribution in [2.75, 3.05) is 14.2 Å². The predicted molar refractivity (Wildman–Crippen MR) is 101 cm³/mol. The van der Waals surface area contributed by atoms with Crippen LogP contribution in [0.25, 0.3) is 11.4 Å². The lowest BCUT2D eigenvalue weighted by Crippen LogP contribution is -1.91. The van der Waals surface area contributed by atoms with Crippen molar-refractivity contribution in [2.45, 2.75) is 17.8 Å². The zero-order valence-corrected chi connectivity index (χ0v) is 15.7. The van der Waals surface area contributed by atoms with Gasteiger partial charge >= 0.3 is 0 Å². The summed E-state index contributed by atoms with van der Waals surface area (Å²) in [7, 11) is 3.29. The summed E-state index contributed by atoms with van der Waals surface area (Å²) in [6.07, 6.45) is 0. The van der Waals surface area contributed by atoms with Gasteiger partial charge in [-0.15, -0.1) is 5.10 Å². The number of hydrogen-bond acceptors (Lipinski definition) is 5. The van der Waals surface area contributed by atoms with Crippen LogP contribution in [-0.4, -0.2) is 29.4 Å². The molecule has 0 aliphatic carbocycles. The molecule has 3 aromatic rings. The van der Waals surface area contributed by atoms with Crippen molar-refractivity contribution in [1.82, 2.24) is 15.2 Å². The Morgan fingerprint density at radius 3 is 2.60 bits per heavy atom. The van der Waals surface area contributed by atoms with Gasteiger partial charge in [-0.25, -0.2) is 4.98 Å². The molecule has 2 aromatic carbocycles. The molecule has 0 aliphatic rings. The van der Waals surface area contributed by atoms with E-state index in [-0.39, 0.29) is 0 Å². The third-order valence-corrected chi connectivity index (χ3v) is 4.81. The second-order valence-corrected chi connectivity index (χ2v) is 6.79. The molecule has 0 amide bonds. The summed E-state index contributed by atoms with van der Waals surface area (Å²) in [5, 5.41) is 8.50. The molecule has 1 N–H and O–H groups in total. The molecule has 0 fully saturated rings. The Labute approximate surface area is 155 Å². The highest BCUT2D eigenvalue weighted by Crippen LogP contribution is 2.32. The molecule has 0 saturated heterocycles. The lowest BCUT2D eigenvalue weighted by molar-refractivity contribution is 0.411. The Bertz CT molecular complexity index is 883. The van der Waals surface area contributed by atoms with E-state index >= 15 is 0 Å². The maximum Gasteiger partial charge on any atom is 0.209 e. The van der Waals surface area contributed by atoms with Crippen molar-refractivity contribution in [1.29, 1.82) is 0 Å². The number of nitrogens with zero attached hydrogens (tertiary/aromatic N) is 2. The summed E-state index contributed by atoms with van der Waals surface area (Å²) in [5.74, 6) is 2.90. The standard InChI is InChI=1S/C18H18ClN3O2S/c1-11-4-6-15(23-2)12(8-11)10-25-18-20-17(21-22-18)14-9-13(19)5-7-16(14)24-3/h4-9H,10H2,1-3H3,(H,20,21,22). The number of methoxy groups -OCH3 is 2. The van der Waals surface area contributed by atoms with Gasteiger partial charge in [0.2, 0.25) is 5.16 Å². The number of aromatic amines is 1. The first-order chi connectivity index (χ1) is 12.1. The number of halogens is 1. The van der Waals surface area contributed by atoms with Crippen LogP contribution >= 0.6 is 23.4 Å². The Balaban J connectivity index is 1.79. The van der Waals surface area contributed by atoms with E-state index in [1.54, 1.807) is 26.4 Å². The van der Waals surface area contributed by atoms with Crippen LogP contribution in [0.5, 0.6) is 11.5 Å². The van der Waals surface area contributed by atoms with E-state index in [1.807, 2.05) is 18.2 Å². The quantitative estimate of drug-likeness (QED) is 0.630. The van der Waals surface area contributed by atoms with E-state index in [1.165, 1.54) is 17.3 Å². The summed E-state index contributed by atoms with van der Waals surface area (Å²) < 4.78 is 10.8. The van der Waals surface area contributed by atoms with E-state index < -0.39 is 0 Å². The molecule has 0 radical (unpaired) electrons. The number of hydrogen-bond donors (Lipinski definition) is 1. The monoisotopic (exact) mass is 375 g/mol. The van der Waals surface area contributed by atoms with Crippen LogP contribution in [0.1, 0.15) is 11.1 Å². The van der Waals surface area contributed by atoms with Gasteiger partial charge in [0.15, 0.2) is 5.82 Å². The fourth-order valence-electron chi connectivity index (χ4n) is 2.46. The van der Waals surface area contributed by atoms with Crippen molar-refractivity contribution in [2.24, 2.45) is 0 Å². The topological polar surface area (TPSA) is 60.0 Å². The van der Waals surface area contributed by atoms with Gasteiger partial charge in [-0.3, -0.25) is 5.10 Å². The Hall–Kier alpha value is -2.18. The molecular formula is C18H18ClN3O2S. The maximum absolute atomic E-state index is 6.08. The van der Waals surface area contributed by atoms with Crippen LogP contribution in [0.4, 0.5) is 0 Å². The molecule has 0 bridgehead atoms. The number of benzene rings is 2. The second kappa shape index (κ2) is 7.80. The minimum absolute atomic E-state index is 0.617. The number of aryl methyl sites for hydroxylation is 1. The van der Waals surface area contributed by atoms with Gasteiger partial charge < -0.3 is 9.47 Å². The van der Waals surface area contributed by atoms with E-state index in [0.29, 0.717) is 21.8 Å². The Kier molecular flexibility index (Phi) is 5.50. The smallest absolute Gasteiger partial charge is 0.209 e. The Morgan fingerprint density at radius 2 is 1.84 bits per heavy atom. The fourth-order valence-corrected chi connectivity index (χ4v) is 3.41. The number of nitrogens with one attached hydrogen (secondary N) is 1. The van der Waals surface area contributed by atoms with E-state index in [2.05, 4.69) is 28.2 Å². The third-order valence-electron chi connectivity index (χ3n) is 3.67. The first-order valence-electron chi connectivity index (χ1n) is 7.63. The van der Waals surface area contributed by atoms with Gasteiger partial charge in [-0.2, -0.15) is 0 Å². The summed E-state index contributed by atoms with van der Waals surface area (Å²) >= 11 is 7.62.